The van der Waals surface area contributed by atoms with Crippen LogP contribution in [0.15, 0.2) is 30.9 Å². The van der Waals surface area contributed by atoms with Gasteiger partial charge in [-0.3, -0.25) is 4.79 Å². The molecule has 0 saturated carbocycles. The Morgan fingerprint density at radius 1 is 1.18 bits per heavy atom. The standard InChI is InChI=1S/C16H22O/c1-4-5-6-7-8-12-15(17)16-13(2)10-9-11-14(16)3/h4,9-11H,1,5-8,12H2,2-3H3. The van der Waals surface area contributed by atoms with E-state index in [9.17, 15) is 4.79 Å². The maximum absolute atomic E-state index is 12.1. The lowest BCUT2D eigenvalue weighted by Crippen LogP contribution is -2.04. The van der Waals surface area contributed by atoms with Gasteiger partial charge in [0.2, 0.25) is 0 Å². The van der Waals surface area contributed by atoms with Gasteiger partial charge >= 0.3 is 0 Å². The minimum Gasteiger partial charge on any atom is -0.294 e. The fourth-order valence-electron chi connectivity index (χ4n) is 2.13. The van der Waals surface area contributed by atoms with Gasteiger partial charge in [0, 0.05) is 12.0 Å². The van der Waals surface area contributed by atoms with Crippen LogP contribution in [0.1, 0.15) is 53.6 Å². The van der Waals surface area contributed by atoms with Crippen LogP contribution >= 0.6 is 0 Å². The molecule has 1 aromatic carbocycles. The topological polar surface area (TPSA) is 17.1 Å². The molecule has 0 aliphatic rings. The molecule has 0 unspecified atom stereocenters. The van der Waals surface area contributed by atoms with Crippen molar-refractivity contribution in [2.45, 2.75) is 46.0 Å². The minimum atomic E-state index is 0.291. The SMILES string of the molecule is C=CCCCCCC(=O)c1c(C)cccc1C. The van der Waals surface area contributed by atoms with E-state index in [0.29, 0.717) is 12.2 Å². The summed E-state index contributed by atoms with van der Waals surface area (Å²) in [6, 6.07) is 6.03. The molecule has 92 valence electrons. The lowest BCUT2D eigenvalue weighted by Gasteiger charge is -2.08. The highest BCUT2D eigenvalue weighted by Gasteiger charge is 2.10. The molecular formula is C16H22O. The summed E-state index contributed by atoms with van der Waals surface area (Å²) in [5, 5.41) is 0. The van der Waals surface area contributed by atoms with E-state index < -0.39 is 0 Å². The van der Waals surface area contributed by atoms with Gasteiger partial charge < -0.3 is 0 Å². The van der Waals surface area contributed by atoms with Gasteiger partial charge in [0.05, 0.1) is 0 Å². The van der Waals surface area contributed by atoms with Gasteiger partial charge in [0.25, 0.3) is 0 Å². The molecular weight excluding hydrogens is 208 g/mol. The van der Waals surface area contributed by atoms with Crippen LogP contribution in [0.3, 0.4) is 0 Å². The second kappa shape index (κ2) is 7.05. The molecule has 1 rings (SSSR count). The summed E-state index contributed by atoms with van der Waals surface area (Å²) in [6.45, 7) is 7.72. The van der Waals surface area contributed by atoms with E-state index in [-0.39, 0.29) is 0 Å². The zero-order valence-electron chi connectivity index (χ0n) is 11.0. The van der Waals surface area contributed by atoms with Gasteiger partial charge in [0.15, 0.2) is 5.78 Å². The Bertz CT molecular complexity index is 370. The third-order valence-electron chi connectivity index (χ3n) is 3.07. The summed E-state index contributed by atoms with van der Waals surface area (Å²) in [4.78, 5) is 12.1. The zero-order valence-corrected chi connectivity index (χ0v) is 11.0. The number of benzene rings is 1. The van der Waals surface area contributed by atoms with E-state index in [1.807, 2.05) is 38.1 Å². The first-order chi connectivity index (χ1) is 8.16. The maximum atomic E-state index is 12.1. The van der Waals surface area contributed by atoms with Gasteiger partial charge in [0.1, 0.15) is 0 Å². The molecule has 0 aromatic heterocycles. The Morgan fingerprint density at radius 3 is 2.41 bits per heavy atom. The monoisotopic (exact) mass is 230 g/mol. The molecule has 0 amide bonds. The summed E-state index contributed by atoms with van der Waals surface area (Å²) >= 11 is 0. The van der Waals surface area contributed by atoms with E-state index in [1.54, 1.807) is 0 Å². The first kappa shape index (κ1) is 13.7. The Morgan fingerprint density at radius 2 is 1.82 bits per heavy atom. The van der Waals surface area contributed by atoms with Crippen molar-refractivity contribution >= 4 is 5.78 Å². The van der Waals surface area contributed by atoms with E-state index in [4.69, 9.17) is 0 Å². The molecule has 0 spiro atoms. The van der Waals surface area contributed by atoms with Gasteiger partial charge in [-0.05, 0) is 44.2 Å². The van der Waals surface area contributed by atoms with E-state index in [2.05, 4.69) is 6.58 Å². The summed E-state index contributed by atoms with van der Waals surface area (Å²) < 4.78 is 0. The second-order valence-corrected chi connectivity index (χ2v) is 4.58. The number of aryl methyl sites for hydroxylation is 2. The molecule has 0 radical (unpaired) electrons. The van der Waals surface area contributed by atoms with Crippen molar-refractivity contribution in [3.05, 3.63) is 47.5 Å². The van der Waals surface area contributed by atoms with Crippen molar-refractivity contribution < 1.29 is 4.79 Å². The Balaban J connectivity index is 2.50. The molecule has 1 heteroatoms. The number of hydrogen-bond acceptors (Lipinski definition) is 1. The molecule has 0 atom stereocenters. The quantitative estimate of drug-likeness (QED) is 0.379. The van der Waals surface area contributed by atoms with Crippen LogP contribution in [-0.2, 0) is 0 Å². The highest BCUT2D eigenvalue weighted by atomic mass is 16.1. The van der Waals surface area contributed by atoms with Crippen molar-refractivity contribution in [3.63, 3.8) is 0 Å². The Kier molecular flexibility index (Phi) is 5.68. The van der Waals surface area contributed by atoms with Crippen LogP contribution in [0.4, 0.5) is 0 Å². The highest BCUT2D eigenvalue weighted by Crippen LogP contribution is 2.17. The molecule has 0 aliphatic heterocycles. The predicted molar refractivity (Wildman–Crippen MR) is 73.5 cm³/mol. The normalized spacial score (nSPS) is 10.2. The largest absolute Gasteiger partial charge is 0.294 e. The maximum Gasteiger partial charge on any atom is 0.163 e. The molecule has 0 saturated heterocycles. The summed E-state index contributed by atoms with van der Waals surface area (Å²) in [5.41, 5.74) is 3.12. The van der Waals surface area contributed by atoms with E-state index in [0.717, 1.165) is 42.4 Å². The van der Waals surface area contributed by atoms with Crippen molar-refractivity contribution in [1.29, 1.82) is 0 Å². The smallest absolute Gasteiger partial charge is 0.163 e. The molecule has 17 heavy (non-hydrogen) atoms. The molecule has 1 aromatic rings. The van der Waals surface area contributed by atoms with Crippen LogP contribution in [0.25, 0.3) is 0 Å². The fraction of sp³-hybridized carbons (Fsp3) is 0.438. The fourth-order valence-corrected chi connectivity index (χ4v) is 2.13. The molecule has 0 N–H and O–H groups in total. The number of carbonyl (C=O) groups is 1. The number of allylic oxidation sites excluding steroid dienone is 1. The van der Waals surface area contributed by atoms with Gasteiger partial charge in [-0.1, -0.05) is 30.7 Å². The second-order valence-electron chi connectivity index (χ2n) is 4.58. The van der Waals surface area contributed by atoms with Crippen molar-refractivity contribution in [3.8, 4) is 0 Å². The predicted octanol–water partition coefficient (Wildman–Crippen LogP) is 4.62. The molecule has 1 nitrogen and oxygen atoms in total. The summed E-state index contributed by atoms with van der Waals surface area (Å²) in [7, 11) is 0. The minimum absolute atomic E-state index is 0.291. The average Bonchev–Trinajstić information content (AvgIpc) is 2.28. The van der Waals surface area contributed by atoms with Crippen LogP contribution < -0.4 is 0 Å². The van der Waals surface area contributed by atoms with E-state index >= 15 is 0 Å². The van der Waals surface area contributed by atoms with Gasteiger partial charge in [-0.15, -0.1) is 6.58 Å². The third kappa shape index (κ3) is 4.18. The lowest BCUT2D eigenvalue weighted by atomic mass is 9.96. The molecule has 0 heterocycles. The lowest BCUT2D eigenvalue weighted by molar-refractivity contribution is 0.0978. The highest BCUT2D eigenvalue weighted by molar-refractivity contribution is 5.98. The third-order valence-corrected chi connectivity index (χ3v) is 3.07. The van der Waals surface area contributed by atoms with Crippen LogP contribution in [0, 0.1) is 13.8 Å². The summed E-state index contributed by atoms with van der Waals surface area (Å²) in [6.07, 6.45) is 6.90. The zero-order chi connectivity index (χ0) is 12.7. The number of hydrogen-bond donors (Lipinski definition) is 0. The number of carbonyl (C=O) groups excluding carboxylic acids is 1. The van der Waals surface area contributed by atoms with Crippen molar-refractivity contribution in [2.24, 2.45) is 0 Å². The van der Waals surface area contributed by atoms with E-state index in [1.165, 1.54) is 0 Å². The number of Topliss-reactive ketones (excluding diaryl/α,β-unsaturated/α-hetero) is 1. The van der Waals surface area contributed by atoms with Crippen LogP contribution in [0.5, 0.6) is 0 Å². The summed E-state index contributed by atoms with van der Waals surface area (Å²) in [5.74, 6) is 0.291. The number of rotatable bonds is 7. The van der Waals surface area contributed by atoms with Gasteiger partial charge in [-0.25, -0.2) is 0 Å². The average molecular weight is 230 g/mol. The van der Waals surface area contributed by atoms with Crippen LogP contribution in [0.2, 0.25) is 0 Å². The first-order valence-corrected chi connectivity index (χ1v) is 6.37. The van der Waals surface area contributed by atoms with Crippen molar-refractivity contribution in [1.82, 2.24) is 0 Å². The van der Waals surface area contributed by atoms with Crippen molar-refractivity contribution in [2.75, 3.05) is 0 Å². The number of ketones is 1. The molecule has 0 fully saturated rings. The van der Waals surface area contributed by atoms with Gasteiger partial charge in [-0.2, -0.15) is 0 Å². The molecule has 0 aliphatic carbocycles. The molecule has 0 bridgehead atoms. The van der Waals surface area contributed by atoms with Crippen LogP contribution in [-0.4, -0.2) is 5.78 Å². The number of unbranched alkanes of at least 4 members (excludes halogenated alkanes) is 3. The Labute approximate surface area is 105 Å². The first-order valence-electron chi connectivity index (χ1n) is 6.37. The Hall–Kier alpha value is -1.37.